The zero-order valence-corrected chi connectivity index (χ0v) is 10.6. The van der Waals surface area contributed by atoms with Crippen molar-refractivity contribution in [2.24, 2.45) is 0 Å². The molecule has 2 nitrogen and oxygen atoms in total. The lowest BCUT2D eigenvalue weighted by Gasteiger charge is -2.23. The summed E-state index contributed by atoms with van der Waals surface area (Å²) < 4.78 is 0. The molecule has 1 unspecified atom stereocenters. The molecule has 1 rings (SSSR count). The Morgan fingerprint density at radius 2 is 2.00 bits per heavy atom. The number of alkyl halides is 1. The number of halogens is 1. The van der Waals surface area contributed by atoms with E-state index in [-0.39, 0.29) is 5.91 Å². The fourth-order valence-corrected chi connectivity index (χ4v) is 1.73. The van der Waals surface area contributed by atoms with E-state index in [4.69, 9.17) is 11.6 Å². The Labute approximate surface area is 102 Å². The number of amides is 1. The summed E-state index contributed by atoms with van der Waals surface area (Å²) in [7, 11) is 0. The number of carbonyl (C=O) groups is 1. The number of hydrogen-bond acceptors (Lipinski definition) is 1. The normalized spacial score (nSPS) is 12.2. The molecule has 0 aromatic heterocycles. The second-order valence-electron chi connectivity index (χ2n) is 3.86. The monoisotopic (exact) mass is 239 g/mol. The maximum atomic E-state index is 11.8. The maximum absolute atomic E-state index is 11.8. The van der Waals surface area contributed by atoms with Gasteiger partial charge in [-0.05, 0) is 18.9 Å². The summed E-state index contributed by atoms with van der Waals surface area (Å²) in [6.45, 7) is 5.18. The van der Waals surface area contributed by atoms with E-state index in [2.05, 4.69) is 6.92 Å². The van der Waals surface area contributed by atoms with E-state index < -0.39 is 5.38 Å². The summed E-state index contributed by atoms with van der Waals surface area (Å²) >= 11 is 5.83. The molecule has 0 bridgehead atoms. The lowest BCUT2D eigenvalue weighted by molar-refractivity contribution is -0.131. The molecule has 16 heavy (non-hydrogen) atoms. The van der Waals surface area contributed by atoms with Crippen LogP contribution in [0.3, 0.4) is 0 Å². The van der Waals surface area contributed by atoms with E-state index in [9.17, 15) is 4.79 Å². The Morgan fingerprint density at radius 1 is 1.38 bits per heavy atom. The molecule has 88 valence electrons. The van der Waals surface area contributed by atoms with Gasteiger partial charge in [-0.3, -0.25) is 4.79 Å². The zero-order chi connectivity index (χ0) is 12.0. The lowest BCUT2D eigenvalue weighted by atomic mass is 10.2. The van der Waals surface area contributed by atoms with Crippen molar-refractivity contribution in [2.45, 2.75) is 32.2 Å². The molecule has 0 aliphatic carbocycles. The van der Waals surface area contributed by atoms with E-state index in [1.807, 2.05) is 35.2 Å². The molecule has 1 aromatic rings. The van der Waals surface area contributed by atoms with Crippen LogP contribution in [0.15, 0.2) is 30.3 Å². The van der Waals surface area contributed by atoms with Crippen LogP contribution in [0.25, 0.3) is 0 Å². The van der Waals surface area contributed by atoms with Crippen LogP contribution in [0.4, 0.5) is 0 Å². The van der Waals surface area contributed by atoms with Gasteiger partial charge >= 0.3 is 0 Å². The maximum Gasteiger partial charge on any atom is 0.240 e. The van der Waals surface area contributed by atoms with Crippen molar-refractivity contribution in [1.29, 1.82) is 0 Å². The summed E-state index contributed by atoms with van der Waals surface area (Å²) in [5, 5.41) is -0.449. The van der Waals surface area contributed by atoms with Crippen LogP contribution in [0.2, 0.25) is 0 Å². The molecule has 0 fully saturated rings. The van der Waals surface area contributed by atoms with Gasteiger partial charge in [0.15, 0.2) is 0 Å². The van der Waals surface area contributed by atoms with E-state index in [0.717, 1.165) is 18.5 Å². The van der Waals surface area contributed by atoms with E-state index in [1.165, 1.54) is 0 Å². The quantitative estimate of drug-likeness (QED) is 0.724. The first-order chi connectivity index (χ1) is 7.65. The van der Waals surface area contributed by atoms with Crippen molar-refractivity contribution in [3.8, 4) is 0 Å². The molecule has 0 saturated heterocycles. The molecule has 1 amide bonds. The average molecular weight is 240 g/mol. The first kappa shape index (κ1) is 13.0. The lowest BCUT2D eigenvalue weighted by Crippen LogP contribution is -2.35. The Morgan fingerprint density at radius 3 is 2.50 bits per heavy atom. The Balaban J connectivity index is 2.68. The molecule has 1 aromatic carbocycles. The highest BCUT2D eigenvalue weighted by atomic mass is 35.5. The standard InChI is InChI=1S/C13H18ClNO/c1-3-9-15(13(16)11(2)14)10-12-7-5-4-6-8-12/h4-8,11H,3,9-10H2,1-2H3. The summed E-state index contributed by atoms with van der Waals surface area (Å²) in [5.41, 5.74) is 1.14. The highest BCUT2D eigenvalue weighted by Crippen LogP contribution is 2.09. The predicted molar refractivity (Wildman–Crippen MR) is 67.5 cm³/mol. The Kier molecular flexibility index (Phi) is 5.33. The van der Waals surface area contributed by atoms with E-state index >= 15 is 0 Å². The third-order valence-electron chi connectivity index (χ3n) is 2.36. The number of carbonyl (C=O) groups excluding carboxylic acids is 1. The van der Waals surface area contributed by atoms with Crippen molar-refractivity contribution in [3.05, 3.63) is 35.9 Å². The van der Waals surface area contributed by atoms with Crippen LogP contribution >= 0.6 is 11.6 Å². The smallest absolute Gasteiger partial charge is 0.240 e. The fraction of sp³-hybridized carbons (Fsp3) is 0.462. The minimum atomic E-state index is -0.449. The number of nitrogens with zero attached hydrogens (tertiary/aromatic N) is 1. The molecule has 0 N–H and O–H groups in total. The van der Waals surface area contributed by atoms with Crippen molar-refractivity contribution >= 4 is 17.5 Å². The van der Waals surface area contributed by atoms with Gasteiger partial charge in [-0.1, -0.05) is 37.3 Å². The van der Waals surface area contributed by atoms with Crippen LogP contribution in [-0.2, 0) is 11.3 Å². The molecule has 3 heteroatoms. The largest absolute Gasteiger partial charge is 0.337 e. The predicted octanol–water partition coefficient (Wildman–Crippen LogP) is 3.05. The molecule has 0 radical (unpaired) electrons. The molecular weight excluding hydrogens is 222 g/mol. The highest BCUT2D eigenvalue weighted by molar-refractivity contribution is 6.30. The molecule has 0 heterocycles. The Bertz CT molecular complexity index is 324. The molecule has 0 spiro atoms. The topological polar surface area (TPSA) is 20.3 Å². The molecule has 0 aliphatic rings. The second kappa shape index (κ2) is 6.54. The van der Waals surface area contributed by atoms with Gasteiger partial charge in [0.2, 0.25) is 5.91 Å². The summed E-state index contributed by atoms with van der Waals surface area (Å²) in [6, 6.07) is 9.98. The van der Waals surface area contributed by atoms with Gasteiger partial charge in [0, 0.05) is 13.1 Å². The van der Waals surface area contributed by atoms with Gasteiger partial charge in [-0.25, -0.2) is 0 Å². The number of rotatable bonds is 5. The first-order valence-corrected chi connectivity index (χ1v) is 6.05. The first-order valence-electron chi connectivity index (χ1n) is 5.62. The van der Waals surface area contributed by atoms with Crippen molar-refractivity contribution in [1.82, 2.24) is 4.90 Å². The van der Waals surface area contributed by atoms with Crippen LogP contribution in [0.1, 0.15) is 25.8 Å². The fourth-order valence-electron chi connectivity index (χ4n) is 1.59. The van der Waals surface area contributed by atoms with Gasteiger partial charge in [0.05, 0.1) is 0 Å². The average Bonchev–Trinajstić information content (AvgIpc) is 2.29. The molecule has 0 saturated carbocycles. The minimum absolute atomic E-state index is 0.00682. The van der Waals surface area contributed by atoms with Gasteiger partial charge in [0.1, 0.15) is 5.38 Å². The van der Waals surface area contributed by atoms with Gasteiger partial charge < -0.3 is 4.90 Å². The molecule has 0 aliphatic heterocycles. The highest BCUT2D eigenvalue weighted by Gasteiger charge is 2.17. The van der Waals surface area contributed by atoms with E-state index in [1.54, 1.807) is 6.92 Å². The third kappa shape index (κ3) is 3.86. The second-order valence-corrected chi connectivity index (χ2v) is 4.52. The third-order valence-corrected chi connectivity index (χ3v) is 2.55. The summed E-state index contributed by atoms with van der Waals surface area (Å²) in [4.78, 5) is 13.6. The number of benzene rings is 1. The van der Waals surface area contributed by atoms with Crippen LogP contribution in [0, 0.1) is 0 Å². The minimum Gasteiger partial charge on any atom is -0.337 e. The van der Waals surface area contributed by atoms with E-state index in [0.29, 0.717) is 6.54 Å². The molecular formula is C13H18ClNO. The van der Waals surface area contributed by atoms with Crippen LogP contribution in [0.5, 0.6) is 0 Å². The Hall–Kier alpha value is -1.02. The van der Waals surface area contributed by atoms with Gasteiger partial charge in [-0.15, -0.1) is 11.6 Å². The summed E-state index contributed by atoms with van der Waals surface area (Å²) in [5.74, 6) is 0.00682. The molecule has 1 atom stereocenters. The van der Waals surface area contributed by atoms with Crippen molar-refractivity contribution < 1.29 is 4.79 Å². The van der Waals surface area contributed by atoms with Crippen molar-refractivity contribution in [3.63, 3.8) is 0 Å². The van der Waals surface area contributed by atoms with Gasteiger partial charge in [-0.2, -0.15) is 0 Å². The zero-order valence-electron chi connectivity index (χ0n) is 9.82. The SMILES string of the molecule is CCCN(Cc1ccccc1)C(=O)C(C)Cl. The summed E-state index contributed by atoms with van der Waals surface area (Å²) in [6.07, 6.45) is 0.947. The number of hydrogen-bond donors (Lipinski definition) is 0. The van der Waals surface area contributed by atoms with Crippen molar-refractivity contribution in [2.75, 3.05) is 6.54 Å². The van der Waals surface area contributed by atoms with Crippen LogP contribution in [-0.4, -0.2) is 22.7 Å². The van der Waals surface area contributed by atoms with Crippen LogP contribution < -0.4 is 0 Å². The van der Waals surface area contributed by atoms with Gasteiger partial charge in [0.25, 0.3) is 0 Å².